The van der Waals surface area contributed by atoms with Crippen LogP contribution in [0.5, 0.6) is 5.75 Å². The summed E-state index contributed by atoms with van der Waals surface area (Å²) < 4.78 is 7.39. The molecule has 5 nitrogen and oxygen atoms in total. The predicted octanol–water partition coefficient (Wildman–Crippen LogP) is 2.42. The molecule has 0 aliphatic heterocycles. The van der Waals surface area contributed by atoms with Crippen molar-refractivity contribution in [3.05, 3.63) is 35.7 Å². The summed E-state index contributed by atoms with van der Waals surface area (Å²) in [6, 6.07) is 8.78. The Balaban J connectivity index is 1.58. The zero-order valence-corrected chi connectivity index (χ0v) is 13.0. The van der Waals surface area contributed by atoms with Crippen molar-refractivity contribution < 1.29 is 4.74 Å². The average Bonchev–Trinajstić information content (AvgIpc) is 3.28. The van der Waals surface area contributed by atoms with Crippen molar-refractivity contribution in [2.75, 3.05) is 12.9 Å². The Morgan fingerprint density at radius 3 is 2.67 bits per heavy atom. The Hall–Kier alpha value is -1.53. The van der Waals surface area contributed by atoms with Crippen molar-refractivity contribution in [1.29, 1.82) is 0 Å². The van der Waals surface area contributed by atoms with Gasteiger partial charge in [0.25, 0.3) is 0 Å². The van der Waals surface area contributed by atoms with Crippen LogP contribution < -0.4 is 10.5 Å². The van der Waals surface area contributed by atoms with Crippen LogP contribution in [0.1, 0.15) is 30.3 Å². The van der Waals surface area contributed by atoms with Gasteiger partial charge >= 0.3 is 0 Å². The molecule has 1 aromatic heterocycles. The number of benzene rings is 1. The molecule has 0 spiro atoms. The highest BCUT2D eigenvalue weighted by molar-refractivity contribution is 7.99. The standard InChI is InChI=1S/C15H20N4OS/c1-20-13-6-2-11(3-7-13)8-9-21-15-18-17-14(10-16)19(15)12-4-5-12/h2-3,6-7,12H,4-5,8-10,16H2,1H3. The molecule has 2 aromatic rings. The summed E-state index contributed by atoms with van der Waals surface area (Å²) in [6.07, 6.45) is 3.44. The lowest BCUT2D eigenvalue weighted by Crippen LogP contribution is -2.08. The van der Waals surface area contributed by atoms with Gasteiger partial charge in [-0.1, -0.05) is 23.9 Å². The second kappa shape index (κ2) is 6.49. The van der Waals surface area contributed by atoms with Gasteiger partial charge in [-0.05, 0) is 37.0 Å². The summed E-state index contributed by atoms with van der Waals surface area (Å²) in [5, 5.41) is 9.48. The maximum atomic E-state index is 5.73. The molecule has 0 radical (unpaired) electrons. The first-order valence-electron chi connectivity index (χ1n) is 7.21. The van der Waals surface area contributed by atoms with Crippen LogP contribution in [0.3, 0.4) is 0 Å². The molecule has 21 heavy (non-hydrogen) atoms. The Bertz CT molecular complexity index is 592. The molecule has 0 saturated heterocycles. The number of methoxy groups -OCH3 is 1. The van der Waals surface area contributed by atoms with E-state index in [0.717, 1.165) is 28.9 Å². The molecule has 6 heteroatoms. The molecular formula is C15H20N4OS. The molecule has 0 amide bonds. The van der Waals surface area contributed by atoms with Crippen LogP contribution in [0.25, 0.3) is 0 Å². The molecule has 1 heterocycles. The van der Waals surface area contributed by atoms with Crippen LogP contribution in [0, 0.1) is 0 Å². The first kappa shape index (κ1) is 14.4. The molecule has 0 atom stereocenters. The first-order chi connectivity index (χ1) is 10.3. The molecule has 2 N–H and O–H groups in total. The highest BCUT2D eigenvalue weighted by atomic mass is 32.2. The minimum Gasteiger partial charge on any atom is -0.497 e. The maximum absolute atomic E-state index is 5.73. The van der Waals surface area contributed by atoms with Gasteiger partial charge in [0.05, 0.1) is 13.7 Å². The van der Waals surface area contributed by atoms with Crippen LogP contribution in [-0.4, -0.2) is 27.6 Å². The van der Waals surface area contributed by atoms with Crippen molar-refractivity contribution in [3.63, 3.8) is 0 Å². The van der Waals surface area contributed by atoms with E-state index in [4.69, 9.17) is 10.5 Å². The van der Waals surface area contributed by atoms with Crippen LogP contribution in [0.4, 0.5) is 0 Å². The number of nitrogens with zero attached hydrogens (tertiary/aromatic N) is 3. The van der Waals surface area contributed by atoms with E-state index in [1.54, 1.807) is 18.9 Å². The molecule has 1 aliphatic carbocycles. The minimum absolute atomic E-state index is 0.461. The van der Waals surface area contributed by atoms with Gasteiger partial charge in [-0.15, -0.1) is 10.2 Å². The van der Waals surface area contributed by atoms with Crippen LogP contribution in [-0.2, 0) is 13.0 Å². The average molecular weight is 304 g/mol. The Kier molecular flexibility index (Phi) is 4.45. The topological polar surface area (TPSA) is 66.0 Å². The van der Waals surface area contributed by atoms with Crippen LogP contribution in [0.2, 0.25) is 0 Å². The van der Waals surface area contributed by atoms with Gasteiger partial charge < -0.3 is 15.0 Å². The third kappa shape index (κ3) is 3.39. The van der Waals surface area contributed by atoms with Gasteiger partial charge in [-0.3, -0.25) is 0 Å². The van der Waals surface area contributed by atoms with E-state index in [9.17, 15) is 0 Å². The van der Waals surface area contributed by atoms with Crippen LogP contribution >= 0.6 is 11.8 Å². The summed E-state index contributed by atoms with van der Waals surface area (Å²) in [5.41, 5.74) is 7.04. The molecule has 0 bridgehead atoms. The molecule has 1 aliphatic rings. The van der Waals surface area contributed by atoms with Gasteiger partial charge in [0, 0.05) is 11.8 Å². The maximum Gasteiger partial charge on any atom is 0.191 e. The van der Waals surface area contributed by atoms with Crippen molar-refractivity contribution in [2.24, 2.45) is 5.73 Å². The van der Waals surface area contributed by atoms with E-state index in [-0.39, 0.29) is 0 Å². The van der Waals surface area contributed by atoms with E-state index in [2.05, 4.69) is 26.9 Å². The van der Waals surface area contributed by atoms with Gasteiger partial charge in [-0.25, -0.2) is 0 Å². The first-order valence-corrected chi connectivity index (χ1v) is 8.20. The molecular weight excluding hydrogens is 284 g/mol. The monoisotopic (exact) mass is 304 g/mol. The Morgan fingerprint density at radius 2 is 2.05 bits per heavy atom. The second-order valence-electron chi connectivity index (χ2n) is 5.15. The van der Waals surface area contributed by atoms with Crippen molar-refractivity contribution in [2.45, 2.75) is 37.0 Å². The fourth-order valence-electron chi connectivity index (χ4n) is 2.30. The van der Waals surface area contributed by atoms with Crippen molar-refractivity contribution in [1.82, 2.24) is 14.8 Å². The highest BCUT2D eigenvalue weighted by Gasteiger charge is 2.28. The molecule has 1 fully saturated rings. The minimum atomic E-state index is 0.461. The Labute approximate surface area is 128 Å². The number of nitrogens with two attached hydrogens (primary N) is 1. The van der Waals surface area contributed by atoms with Gasteiger partial charge in [-0.2, -0.15) is 0 Å². The van der Waals surface area contributed by atoms with E-state index >= 15 is 0 Å². The quantitative estimate of drug-likeness (QED) is 0.796. The number of aryl methyl sites for hydroxylation is 1. The second-order valence-corrected chi connectivity index (χ2v) is 6.21. The van der Waals surface area contributed by atoms with Crippen molar-refractivity contribution in [3.8, 4) is 5.75 Å². The summed E-state index contributed by atoms with van der Waals surface area (Å²) in [4.78, 5) is 0. The third-order valence-corrected chi connectivity index (χ3v) is 4.56. The zero-order chi connectivity index (χ0) is 14.7. The number of hydrogen-bond donors (Lipinski definition) is 1. The fraction of sp³-hybridized carbons (Fsp3) is 0.467. The number of ether oxygens (including phenoxy) is 1. The highest BCUT2D eigenvalue weighted by Crippen LogP contribution is 2.38. The molecule has 1 saturated carbocycles. The van der Waals surface area contributed by atoms with Gasteiger partial charge in [0.2, 0.25) is 0 Å². The summed E-state index contributed by atoms with van der Waals surface area (Å²) in [6.45, 7) is 0.461. The van der Waals surface area contributed by atoms with E-state index in [1.165, 1.54) is 18.4 Å². The number of thioether (sulfide) groups is 1. The smallest absolute Gasteiger partial charge is 0.191 e. The fourth-order valence-corrected chi connectivity index (χ4v) is 3.31. The largest absolute Gasteiger partial charge is 0.497 e. The third-order valence-electron chi connectivity index (χ3n) is 3.61. The lowest BCUT2D eigenvalue weighted by atomic mass is 10.2. The predicted molar refractivity (Wildman–Crippen MR) is 83.6 cm³/mol. The van der Waals surface area contributed by atoms with E-state index in [0.29, 0.717) is 12.6 Å². The van der Waals surface area contributed by atoms with Gasteiger partial charge in [0.15, 0.2) is 5.16 Å². The Morgan fingerprint density at radius 1 is 1.29 bits per heavy atom. The summed E-state index contributed by atoms with van der Waals surface area (Å²) in [7, 11) is 1.69. The van der Waals surface area contributed by atoms with E-state index in [1.807, 2.05) is 12.1 Å². The molecule has 1 aromatic carbocycles. The lowest BCUT2D eigenvalue weighted by Gasteiger charge is -2.07. The number of rotatable bonds is 7. The summed E-state index contributed by atoms with van der Waals surface area (Å²) >= 11 is 1.76. The van der Waals surface area contributed by atoms with Crippen molar-refractivity contribution >= 4 is 11.8 Å². The van der Waals surface area contributed by atoms with Crippen LogP contribution in [0.15, 0.2) is 29.4 Å². The van der Waals surface area contributed by atoms with Gasteiger partial charge in [0.1, 0.15) is 11.6 Å². The van der Waals surface area contributed by atoms with E-state index < -0.39 is 0 Å². The molecule has 3 rings (SSSR count). The molecule has 0 unspecified atom stereocenters. The number of hydrogen-bond acceptors (Lipinski definition) is 5. The number of aromatic nitrogens is 3. The summed E-state index contributed by atoms with van der Waals surface area (Å²) in [5.74, 6) is 2.79. The molecule has 112 valence electrons. The normalized spacial score (nSPS) is 14.4. The zero-order valence-electron chi connectivity index (χ0n) is 12.2. The SMILES string of the molecule is COc1ccc(CCSc2nnc(CN)n2C2CC2)cc1. The lowest BCUT2D eigenvalue weighted by molar-refractivity contribution is 0.414.